The molecule has 0 amide bonds. The van der Waals surface area contributed by atoms with Crippen molar-refractivity contribution in [3.05, 3.63) is 12.7 Å². The molecule has 4 unspecified atom stereocenters. The molecule has 1 N–H and O–H groups in total. The first-order chi connectivity index (χ1) is 6.77. The third-order valence-electron chi connectivity index (χ3n) is 4.08. The summed E-state index contributed by atoms with van der Waals surface area (Å²) in [7, 11) is 0. The SMILES string of the molecule is C=CC1C(O)CC2C1CC21OCCO1. The van der Waals surface area contributed by atoms with Gasteiger partial charge in [-0.05, 0) is 12.3 Å². The van der Waals surface area contributed by atoms with E-state index in [1.165, 1.54) is 0 Å². The third kappa shape index (κ3) is 0.926. The number of hydrogen-bond donors (Lipinski definition) is 1. The minimum absolute atomic E-state index is 0.241. The van der Waals surface area contributed by atoms with E-state index in [1.54, 1.807) is 0 Å². The van der Waals surface area contributed by atoms with Crippen molar-refractivity contribution < 1.29 is 14.6 Å². The van der Waals surface area contributed by atoms with Crippen LogP contribution in [0.4, 0.5) is 0 Å². The van der Waals surface area contributed by atoms with E-state index in [1.807, 2.05) is 6.08 Å². The first-order valence-electron chi connectivity index (χ1n) is 5.35. The topological polar surface area (TPSA) is 38.7 Å². The fourth-order valence-corrected chi connectivity index (χ4v) is 3.38. The molecule has 1 aliphatic heterocycles. The molecule has 0 aromatic heterocycles. The van der Waals surface area contributed by atoms with Crippen molar-refractivity contribution in [3.63, 3.8) is 0 Å². The lowest BCUT2D eigenvalue weighted by atomic mass is 9.67. The lowest BCUT2D eigenvalue weighted by Gasteiger charge is -2.48. The molecule has 2 saturated carbocycles. The van der Waals surface area contributed by atoms with Crippen molar-refractivity contribution in [2.24, 2.45) is 17.8 Å². The second-order valence-corrected chi connectivity index (χ2v) is 4.60. The molecular weight excluding hydrogens is 180 g/mol. The van der Waals surface area contributed by atoms with E-state index < -0.39 is 0 Å². The minimum atomic E-state index is -0.330. The Bertz CT molecular complexity index is 257. The Morgan fingerprint density at radius 3 is 2.71 bits per heavy atom. The fraction of sp³-hybridized carbons (Fsp3) is 0.818. The Balaban J connectivity index is 1.80. The Labute approximate surface area is 83.7 Å². The lowest BCUT2D eigenvalue weighted by molar-refractivity contribution is -0.270. The van der Waals surface area contributed by atoms with E-state index in [2.05, 4.69) is 6.58 Å². The van der Waals surface area contributed by atoms with Gasteiger partial charge in [-0.2, -0.15) is 0 Å². The smallest absolute Gasteiger partial charge is 0.171 e. The van der Waals surface area contributed by atoms with Crippen molar-refractivity contribution >= 4 is 0 Å². The molecule has 3 heteroatoms. The highest BCUT2D eigenvalue weighted by molar-refractivity contribution is 5.12. The molecule has 2 aliphatic carbocycles. The molecule has 0 radical (unpaired) electrons. The van der Waals surface area contributed by atoms with Gasteiger partial charge in [0.25, 0.3) is 0 Å². The maximum Gasteiger partial charge on any atom is 0.171 e. The van der Waals surface area contributed by atoms with E-state index in [0.29, 0.717) is 25.0 Å². The predicted molar refractivity (Wildman–Crippen MR) is 50.5 cm³/mol. The van der Waals surface area contributed by atoms with Gasteiger partial charge < -0.3 is 14.6 Å². The van der Waals surface area contributed by atoms with Crippen LogP contribution < -0.4 is 0 Å². The summed E-state index contributed by atoms with van der Waals surface area (Å²) in [6, 6.07) is 0. The number of ether oxygens (including phenoxy) is 2. The van der Waals surface area contributed by atoms with Crippen molar-refractivity contribution in [1.82, 2.24) is 0 Å². The third-order valence-corrected chi connectivity index (χ3v) is 4.08. The van der Waals surface area contributed by atoms with Gasteiger partial charge >= 0.3 is 0 Å². The van der Waals surface area contributed by atoms with Gasteiger partial charge in [0.05, 0.1) is 19.3 Å². The summed E-state index contributed by atoms with van der Waals surface area (Å²) < 4.78 is 11.3. The molecule has 3 nitrogen and oxygen atoms in total. The van der Waals surface area contributed by atoms with Gasteiger partial charge in [-0.15, -0.1) is 6.58 Å². The van der Waals surface area contributed by atoms with Crippen LogP contribution in [-0.2, 0) is 9.47 Å². The summed E-state index contributed by atoms with van der Waals surface area (Å²) in [5, 5.41) is 9.83. The Kier molecular flexibility index (Phi) is 1.79. The number of aliphatic hydroxyl groups excluding tert-OH is 1. The highest BCUT2D eigenvalue weighted by Crippen LogP contribution is 2.59. The van der Waals surface area contributed by atoms with Crippen LogP contribution in [0.25, 0.3) is 0 Å². The molecule has 78 valence electrons. The van der Waals surface area contributed by atoms with E-state index in [9.17, 15) is 5.11 Å². The molecule has 3 rings (SSSR count). The van der Waals surface area contributed by atoms with Crippen LogP contribution in [0.5, 0.6) is 0 Å². The summed E-state index contributed by atoms with van der Waals surface area (Å²) in [5.41, 5.74) is 0. The van der Waals surface area contributed by atoms with Crippen LogP contribution in [0.2, 0.25) is 0 Å². The minimum Gasteiger partial charge on any atom is -0.392 e. The largest absolute Gasteiger partial charge is 0.392 e. The number of rotatable bonds is 1. The molecule has 0 aromatic carbocycles. The van der Waals surface area contributed by atoms with Gasteiger partial charge in [-0.25, -0.2) is 0 Å². The Hall–Kier alpha value is -0.380. The Morgan fingerprint density at radius 2 is 2.07 bits per heavy atom. The summed E-state index contributed by atoms with van der Waals surface area (Å²) in [5.74, 6) is 0.839. The van der Waals surface area contributed by atoms with Gasteiger partial charge in [0.15, 0.2) is 5.79 Å². The summed E-state index contributed by atoms with van der Waals surface area (Å²) in [4.78, 5) is 0. The molecule has 4 atom stereocenters. The van der Waals surface area contributed by atoms with E-state index in [0.717, 1.165) is 12.8 Å². The lowest BCUT2D eigenvalue weighted by Crippen LogP contribution is -2.53. The average Bonchev–Trinajstić information content (AvgIpc) is 2.72. The molecule has 3 aliphatic rings. The zero-order valence-corrected chi connectivity index (χ0v) is 8.19. The maximum absolute atomic E-state index is 9.83. The van der Waals surface area contributed by atoms with Crippen LogP contribution in [0.15, 0.2) is 12.7 Å². The number of aliphatic hydroxyl groups is 1. The summed E-state index contributed by atoms with van der Waals surface area (Å²) in [6.07, 6.45) is 3.39. The fourth-order valence-electron chi connectivity index (χ4n) is 3.38. The van der Waals surface area contributed by atoms with Crippen molar-refractivity contribution in [2.75, 3.05) is 13.2 Å². The van der Waals surface area contributed by atoms with Gasteiger partial charge in [0.2, 0.25) is 0 Å². The van der Waals surface area contributed by atoms with Crippen LogP contribution in [0, 0.1) is 17.8 Å². The quantitative estimate of drug-likeness (QED) is 0.634. The Morgan fingerprint density at radius 1 is 1.36 bits per heavy atom. The normalized spacial score (nSPS) is 48.9. The first kappa shape index (κ1) is 8.89. The monoisotopic (exact) mass is 196 g/mol. The van der Waals surface area contributed by atoms with E-state index in [-0.39, 0.29) is 17.8 Å². The highest BCUT2D eigenvalue weighted by Gasteiger charge is 2.64. The van der Waals surface area contributed by atoms with Crippen LogP contribution in [-0.4, -0.2) is 30.2 Å². The second kappa shape index (κ2) is 2.81. The predicted octanol–water partition coefficient (Wildman–Crippen LogP) is 0.932. The van der Waals surface area contributed by atoms with E-state index in [4.69, 9.17) is 9.47 Å². The molecule has 14 heavy (non-hydrogen) atoms. The summed E-state index contributed by atoms with van der Waals surface area (Å²) >= 11 is 0. The first-order valence-corrected chi connectivity index (χ1v) is 5.35. The average molecular weight is 196 g/mol. The molecule has 3 fully saturated rings. The molecular formula is C11H16O3. The van der Waals surface area contributed by atoms with Crippen molar-refractivity contribution in [1.29, 1.82) is 0 Å². The molecule has 0 bridgehead atoms. The van der Waals surface area contributed by atoms with Gasteiger partial charge in [0, 0.05) is 18.3 Å². The zero-order chi connectivity index (χ0) is 9.76. The van der Waals surface area contributed by atoms with Crippen molar-refractivity contribution in [2.45, 2.75) is 24.7 Å². The van der Waals surface area contributed by atoms with Crippen molar-refractivity contribution in [3.8, 4) is 0 Å². The van der Waals surface area contributed by atoms with Crippen LogP contribution in [0.3, 0.4) is 0 Å². The highest BCUT2D eigenvalue weighted by atomic mass is 16.7. The zero-order valence-electron chi connectivity index (χ0n) is 8.19. The van der Waals surface area contributed by atoms with Crippen LogP contribution >= 0.6 is 0 Å². The molecule has 1 spiro atoms. The molecule has 0 aromatic rings. The van der Waals surface area contributed by atoms with E-state index >= 15 is 0 Å². The standard InChI is InChI=1S/C11H16O3/c1-2-7-8-6-11(13-3-4-14-11)9(8)5-10(7)12/h2,7-10,12H,1,3-6H2. The van der Waals surface area contributed by atoms with Gasteiger partial charge in [0.1, 0.15) is 0 Å². The molecule has 1 saturated heterocycles. The van der Waals surface area contributed by atoms with Gasteiger partial charge in [-0.1, -0.05) is 6.08 Å². The van der Waals surface area contributed by atoms with Crippen LogP contribution in [0.1, 0.15) is 12.8 Å². The summed E-state index contributed by atoms with van der Waals surface area (Å²) in [6.45, 7) is 5.20. The number of hydrogen-bond acceptors (Lipinski definition) is 3. The van der Waals surface area contributed by atoms with Gasteiger partial charge in [-0.3, -0.25) is 0 Å². The number of fused-ring (bicyclic) bond motifs is 2. The maximum atomic E-state index is 9.83. The second-order valence-electron chi connectivity index (χ2n) is 4.60. The molecule has 1 heterocycles.